The average Bonchev–Trinajstić information content (AvgIpc) is 2.75. The van der Waals surface area contributed by atoms with E-state index in [1.165, 1.54) is 5.56 Å². The second-order valence-electron chi connectivity index (χ2n) is 4.86. The molecule has 100 valence electrons. The lowest BCUT2D eigenvalue weighted by Crippen LogP contribution is -2.23. The number of carbonyl (C=O) groups excluding carboxylic acids is 1. The molecule has 3 rings (SSSR count). The zero-order valence-corrected chi connectivity index (χ0v) is 12.7. The Kier molecular flexibility index (Phi) is 3.45. The molecule has 0 aliphatic carbocycles. The van der Waals surface area contributed by atoms with Crippen molar-refractivity contribution in [2.24, 2.45) is 0 Å². The Morgan fingerprint density at radius 3 is 2.30 bits per heavy atom. The fourth-order valence-corrected chi connectivity index (χ4v) is 3.04. The van der Waals surface area contributed by atoms with Crippen molar-refractivity contribution >= 4 is 33.2 Å². The summed E-state index contributed by atoms with van der Waals surface area (Å²) in [6.45, 7) is 2.04. The molecule has 0 N–H and O–H groups in total. The van der Waals surface area contributed by atoms with Crippen LogP contribution in [0.3, 0.4) is 0 Å². The topological polar surface area (TPSA) is 20.3 Å². The van der Waals surface area contributed by atoms with Gasteiger partial charge in [-0.2, -0.15) is 0 Å². The molecular formula is C17H14BrNO. The summed E-state index contributed by atoms with van der Waals surface area (Å²) in [4.78, 5) is 14.1. The molecule has 0 spiro atoms. The van der Waals surface area contributed by atoms with E-state index in [0.29, 0.717) is 6.42 Å². The largest absolute Gasteiger partial charge is 0.279 e. The summed E-state index contributed by atoms with van der Waals surface area (Å²) in [5.74, 6) is 0.0968. The van der Waals surface area contributed by atoms with E-state index in [4.69, 9.17) is 0 Å². The molecule has 1 aliphatic heterocycles. The first-order valence-corrected chi connectivity index (χ1v) is 7.30. The molecule has 0 atom stereocenters. The van der Waals surface area contributed by atoms with Gasteiger partial charge >= 0.3 is 0 Å². The molecule has 2 aromatic rings. The summed E-state index contributed by atoms with van der Waals surface area (Å²) in [5, 5.41) is 0. The third-order valence-corrected chi connectivity index (χ3v) is 4.03. The summed E-state index contributed by atoms with van der Waals surface area (Å²) >= 11 is 3.55. The van der Waals surface area contributed by atoms with Gasteiger partial charge in [0.25, 0.3) is 0 Å². The molecule has 1 amide bonds. The smallest absolute Gasteiger partial charge is 0.236 e. The number of aryl methyl sites for hydroxylation is 1. The summed E-state index contributed by atoms with van der Waals surface area (Å²) < 4.78 is 0.939. The molecular weight excluding hydrogens is 314 g/mol. The van der Waals surface area contributed by atoms with E-state index in [0.717, 1.165) is 21.4 Å². The molecule has 20 heavy (non-hydrogen) atoms. The van der Waals surface area contributed by atoms with Crippen LogP contribution in [-0.2, 0) is 4.79 Å². The quantitative estimate of drug-likeness (QED) is 0.795. The van der Waals surface area contributed by atoms with E-state index in [1.807, 2.05) is 61.5 Å². The van der Waals surface area contributed by atoms with Crippen LogP contribution in [0.4, 0.5) is 5.69 Å². The van der Waals surface area contributed by atoms with Crippen LogP contribution in [0.5, 0.6) is 0 Å². The summed E-state index contributed by atoms with van der Waals surface area (Å²) in [6, 6.07) is 18.0. The maximum absolute atomic E-state index is 12.3. The number of hydrogen-bond acceptors (Lipinski definition) is 1. The second-order valence-corrected chi connectivity index (χ2v) is 5.82. The number of rotatable bonds is 2. The zero-order valence-electron chi connectivity index (χ0n) is 11.1. The van der Waals surface area contributed by atoms with Crippen LogP contribution in [-0.4, -0.2) is 5.91 Å². The fourth-order valence-electron chi connectivity index (χ4n) is 2.39. The van der Waals surface area contributed by atoms with Crippen LogP contribution >= 0.6 is 15.9 Å². The molecule has 0 fully saturated rings. The normalized spacial score (nSPS) is 15.1. The molecule has 0 saturated carbocycles. The lowest BCUT2D eigenvalue weighted by Gasteiger charge is -2.21. The first-order valence-electron chi connectivity index (χ1n) is 6.50. The van der Waals surface area contributed by atoms with E-state index in [-0.39, 0.29) is 5.91 Å². The zero-order chi connectivity index (χ0) is 14.1. The van der Waals surface area contributed by atoms with Crippen molar-refractivity contribution in [3.63, 3.8) is 0 Å². The highest BCUT2D eigenvalue weighted by molar-refractivity contribution is 9.11. The van der Waals surface area contributed by atoms with Crippen LogP contribution in [0.25, 0.3) is 5.70 Å². The van der Waals surface area contributed by atoms with Gasteiger partial charge in [0.15, 0.2) is 0 Å². The predicted octanol–water partition coefficient (Wildman–Crippen LogP) is 4.50. The lowest BCUT2D eigenvalue weighted by molar-refractivity contribution is -0.116. The predicted molar refractivity (Wildman–Crippen MR) is 85.6 cm³/mol. The molecule has 1 heterocycles. The minimum Gasteiger partial charge on any atom is -0.279 e. The van der Waals surface area contributed by atoms with Gasteiger partial charge in [0.05, 0.1) is 12.1 Å². The molecule has 2 aromatic carbocycles. The van der Waals surface area contributed by atoms with Gasteiger partial charge < -0.3 is 0 Å². The van der Waals surface area contributed by atoms with E-state index in [2.05, 4.69) is 15.9 Å². The van der Waals surface area contributed by atoms with E-state index in [1.54, 1.807) is 4.90 Å². The third kappa shape index (κ3) is 2.29. The van der Waals surface area contributed by atoms with Crippen LogP contribution in [0, 0.1) is 6.92 Å². The van der Waals surface area contributed by atoms with Crippen molar-refractivity contribution in [1.29, 1.82) is 0 Å². The van der Waals surface area contributed by atoms with Crippen molar-refractivity contribution in [1.82, 2.24) is 0 Å². The van der Waals surface area contributed by atoms with Crippen molar-refractivity contribution in [2.45, 2.75) is 13.3 Å². The third-order valence-electron chi connectivity index (χ3n) is 3.38. The first kappa shape index (κ1) is 13.1. The van der Waals surface area contributed by atoms with Gasteiger partial charge in [-0.3, -0.25) is 9.69 Å². The molecule has 0 saturated heterocycles. The highest BCUT2D eigenvalue weighted by atomic mass is 79.9. The summed E-state index contributed by atoms with van der Waals surface area (Å²) in [5.41, 5.74) is 4.09. The van der Waals surface area contributed by atoms with Crippen molar-refractivity contribution in [3.05, 3.63) is 70.2 Å². The Morgan fingerprint density at radius 1 is 1.00 bits per heavy atom. The van der Waals surface area contributed by atoms with Gasteiger partial charge in [-0.15, -0.1) is 0 Å². The number of amides is 1. The lowest BCUT2D eigenvalue weighted by atomic mass is 10.1. The SMILES string of the molecule is Cc1ccc(N2C(=O)CC(Br)=C2c2ccccc2)cc1. The van der Waals surface area contributed by atoms with Gasteiger partial charge in [-0.1, -0.05) is 64.0 Å². The fraction of sp³-hybridized carbons (Fsp3) is 0.118. The summed E-state index contributed by atoms with van der Waals surface area (Å²) in [7, 11) is 0. The van der Waals surface area contributed by atoms with E-state index in [9.17, 15) is 4.79 Å². The number of nitrogens with zero attached hydrogens (tertiary/aromatic N) is 1. The maximum atomic E-state index is 12.3. The standard InChI is InChI=1S/C17H14BrNO/c1-12-7-9-14(10-8-12)19-16(20)11-15(18)17(19)13-5-3-2-4-6-13/h2-10H,11H2,1H3. The first-order chi connectivity index (χ1) is 9.66. The molecule has 3 heteroatoms. The van der Waals surface area contributed by atoms with Crippen molar-refractivity contribution in [2.75, 3.05) is 4.90 Å². The van der Waals surface area contributed by atoms with Gasteiger partial charge in [-0.25, -0.2) is 0 Å². The Hall–Kier alpha value is -1.87. The van der Waals surface area contributed by atoms with Crippen LogP contribution in [0.1, 0.15) is 17.5 Å². The molecule has 0 radical (unpaired) electrons. The molecule has 1 aliphatic rings. The molecule has 2 nitrogen and oxygen atoms in total. The second kappa shape index (κ2) is 5.25. The number of hydrogen-bond donors (Lipinski definition) is 0. The average molecular weight is 328 g/mol. The maximum Gasteiger partial charge on any atom is 0.236 e. The van der Waals surface area contributed by atoms with Gasteiger partial charge in [0.1, 0.15) is 0 Å². The highest BCUT2D eigenvalue weighted by Gasteiger charge is 2.30. The highest BCUT2D eigenvalue weighted by Crippen LogP contribution is 2.38. The van der Waals surface area contributed by atoms with Crippen molar-refractivity contribution in [3.8, 4) is 0 Å². The number of halogens is 1. The van der Waals surface area contributed by atoms with Gasteiger partial charge in [0.2, 0.25) is 5.91 Å². The Labute approximate surface area is 126 Å². The number of benzene rings is 2. The molecule has 0 aromatic heterocycles. The monoisotopic (exact) mass is 327 g/mol. The minimum atomic E-state index is 0.0968. The van der Waals surface area contributed by atoms with Crippen LogP contribution in [0.15, 0.2) is 59.1 Å². The summed E-state index contributed by atoms with van der Waals surface area (Å²) in [6.07, 6.45) is 0.415. The van der Waals surface area contributed by atoms with Crippen LogP contribution in [0.2, 0.25) is 0 Å². The number of anilines is 1. The van der Waals surface area contributed by atoms with E-state index < -0.39 is 0 Å². The van der Waals surface area contributed by atoms with Gasteiger partial charge in [-0.05, 0) is 24.6 Å². The minimum absolute atomic E-state index is 0.0968. The van der Waals surface area contributed by atoms with E-state index >= 15 is 0 Å². The number of carbonyl (C=O) groups is 1. The Bertz CT molecular complexity index is 674. The van der Waals surface area contributed by atoms with Crippen LogP contribution < -0.4 is 4.90 Å². The van der Waals surface area contributed by atoms with Gasteiger partial charge in [0, 0.05) is 10.2 Å². The Balaban J connectivity index is 2.09. The molecule has 0 bridgehead atoms. The molecule has 0 unspecified atom stereocenters. The Morgan fingerprint density at radius 2 is 1.65 bits per heavy atom. The van der Waals surface area contributed by atoms with Crippen molar-refractivity contribution < 1.29 is 4.79 Å².